The fraction of sp³-hybridized carbons (Fsp3) is 0.0435. The van der Waals surface area contributed by atoms with Gasteiger partial charge in [-0.1, -0.05) is 60.7 Å². The Bertz CT molecular complexity index is 1120. The highest BCUT2D eigenvalue weighted by Crippen LogP contribution is 2.25. The summed E-state index contributed by atoms with van der Waals surface area (Å²) in [6.07, 6.45) is 1.73. The molecule has 0 fully saturated rings. The number of nitrogens with one attached hydrogen (secondary N) is 1. The third-order valence-electron chi connectivity index (χ3n) is 4.34. The molecule has 0 aliphatic heterocycles. The minimum absolute atomic E-state index is 0.198. The van der Waals surface area contributed by atoms with Gasteiger partial charge in [0, 0.05) is 10.9 Å². The van der Waals surface area contributed by atoms with Crippen LogP contribution in [0.4, 0.5) is 9.52 Å². The van der Waals surface area contributed by atoms with Gasteiger partial charge in [0.05, 0.1) is 11.9 Å². The van der Waals surface area contributed by atoms with E-state index in [2.05, 4.69) is 15.5 Å². The summed E-state index contributed by atoms with van der Waals surface area (Å²) in [5, 5.41) is 7.01. The average Bonchev–Trinajstić information content (AvgIpc) is 3.20. The summed E-state index contributed by atoms with van der Waals surface area (Å²) in [5.74, 6) is -0.198. The van der Waals surface area contributed by atoms with Gasteiger partial charge in [0.25, 0.3) is 0 Å². The molecule has 0 aliphatic carbocycles. The van der Waals surface area contributed by atoms with E-state index in [-0.39, 0.29) is 5.82 Å². The smallest absolute Gasteiger partial charge is 0.203 e. The number of thiazole rings is 1. The van der Waals surface area contributed by atoms with Crippen LogP contribution in [-0.4, -0.2) is 11.2 Å². The largest absolute Gasteiger partial charge is 0.253 e. The maximum atomic E-state index is 13.8. The summed E-state index contributed by atoms with van der Waals surface area (Å²) in [4.78, 5) is 4.55. The Kier molecular flexibility index (Phi) is 5.26. The zero-order chi connectivity index (χ0) is 19.3. The molecule has 0 amide bonds. The molecule has 0 unspecified atom stereocenters. The Morgan fingerprint density at radius 1 is 0.929 bits per heavy atom. The second-order valence-electron chi connectivity index (χ2n) is 6.36. The molecule has 0 aliphatic rings. The summed E-state index contributed by atoms with van der Waals surface area (Å²) in [5.41, 5.74) is 8.33. The molecule has 5 heteroatoms. The number of hydrogen-bond acceptors (Lipinski definition) is 4. The van der Waals surface area contributed by atoms with Crippen LogP contribution in [0.25, 0.3) is 22.4 Å². The molecule has 3 nitrogen and oxygen atoms in total. The van der Waals surface area contributed by atoms with Crippen LogP contribution in [0.3, 0.4) is 0 Å². The van der Waals surface area contributed by atoms with Gasteiger partial charge in [0.15, 0.2) is 0 Å². The minimum Gasteiger partial charge on any atom is -0.253 e. The number of anilines is 1. The van der Waals surface area contributed by atoms with E-state index in [1.165, 1.54) is 11.3 Å². The van der Waals surface area contributed by atoms with E-state index in [0.717, 1.165) is 33.1 Å². The van der Waals surface area contributed by atoms with Crippen molar-refractivity contribution >= 4 is 22.7 Å². The van der Waals surface area contributed by atoms with E-state index in [1.807, 2.05) is 66.0 Å². The van der Waals surface area contributed by atoms with Gasteiger partial charge in [0.2, 0.25) is 5.13 Å². The van der Waals surface area contributed by atoms with Gasteiger partial charge < -0.3 is 0 Å². The van der Waals surface area contributed by atoms with Crippen molar-refractivity contribution < 1.29 is 4.39 Å². The summed E-state index contributed by atoms with van der Waals surface area (Å²) in [6.45, 7) is 1.76. The molecule has 0 saturated heterocycles. The lowest BCUT2D eigenvalue weighted by Gasteiger charge is -2.04. The van der Waals surface area contributed by atoms with Crippen molar-refractivity contribution in [3.8, 4) is 22.4 Å². The van der Waals surface area contributed by atoms with Crippen LogP contribution in [0, 0.1) is 12.7 Å². The van der Waals surface area contributed by atoms with Gasteiger partial charge in [-0.25, -0.2) is 9.37 Å². The predicted octanol–water partition coefficient (Wildman–Crippen LogP) is 6.37. The molecule has 28 heavy (non-hydrogen) atoms. The third kappa shape index (κ3) is 4.15. The number of nitrogens with zero attached hydrogens (tertiary/aromatic N) is 2. The Hall–Kier alpha value is -3.31. The highest BCUT2D eigenvalue weighted by atomic mass is 32.1. The zero-order valence-electron chi connectivity index (χ0n) is 15.3. The van der Waals surface area contributed by atoms with E-state index in [9.17, 15) is 4.39 Å². The molecule has 1 N–H and O–H groups in total. The molecule has 3 aromatic carbocycles. The minimum atomic E-state index is -0.198. The lowest BCUT2D eigenvalue weighted by Crippen LogP contribution is -1.91. The number of hydrogen-bond donors (Lipinski definition) is 1. The summed E-state index contributed by atoms with van der Waals surface area (Å²) in [6, 6.07) is 23.1. The standard InChI is InChI=1S/C23H18FN3S/c1-16-10-11-20(13-21(16)24)19-9-5-6-17(12-19)14-25-27-23-26-22(15-28-23)18-7-3-2-4-8-18/h2-15H,1H3,(H,26,27). The van der Waals surface area contributed by atoms with E-state index in [1.54, 1.807) is 25.3 Å². The first-order valence-electron chi connectivity index (χ1n) is 8.86. The molecule has 0 bridgehead atoms. The van der Waals surface area contributed by atoms with Crippen molar-refractivity contribution in [2.75, 3.05) is 5.43 Å². The number of halogens is 1. The van der Waals surface area contributed by atoms with Crippen LogP contribution in [-0.2, 0) is 0 Å². The number of aromatic nitrogens is 1. The predicted molar refractivity (Wildman–Crippen MR) is 115 cm³/mol. The maximum absolute atomic E-state index is 13.8. The monoisotopic (exact) mass is 387 g/mol. The highest BCUT2D eigenvalue weighted by Gasteiger charge is 2.04. The van der Waals surface area contributed by atoms with Crippen LogP contribution in [0.5, 0.6) is 0 Å². The topological polar surface area (TPSA) is 37.3 Å². The number of aryl methyl sites for hydroxylation is 1. The fourth-order valence-electron chi connectivity index (χ4n) is 2.80. The van der Waals surface area contributed by atoms with E-state index in [0.29, 0.717) is 5.56 Å². The van der Waals surface area contributed by atoms with Crippen molar-refractivity contribution in [3.63, 3.8) is 0 Å². The van der Waals surface area contributed by atoms with Gasteiger partial charge in [-0.2, -0.15) is 5.10 Å². The Balaban J connectivity index is 1.47. The van der Waals surface area contributed by atoms with Crippen LogP contribution in [0.2, 0.25) is 0 Å². The summed E-state index contributed by atoms with van der Waals surface area (Å²) >= 11 is 1.50. The van der Waals surface area contributed by atoms with Gasteiger partial charge in [-0.3, -0.25) is 5.43 Å². The molecular weight excluding hydrogens is 369 g/mol. The number of benzene rings is 3. The Labute approximate surface area is 167 Å². The van der Waals surface area contributed by atoms with Crippen molar-refractivity contribution in [1.82, 2.24) is 4.98 Å². The van der Waals surface area contributed by atoms with Crippen LogP contribution in [0.15, 0.2) is 83.3 Å². The number of rotatable bonds is 5. The van der Waals surface area contributed by atoms with Crippen LogP contribution < -0.4 is 5.43 Å². The Morgan fingerprint density at radius 2 is 1.71 bits per heavy atom. The molecule has 4 rings (SSSR count). The van der Waals surface area contributed by atoms with Gasteiger partial charge >= 0.3 is 0 Å². The molecule has 4 aromatic rings. The van der Waals surface area contributed by atoms with Crippen molar-refractivity contribution in [2.45, 2.75) is 6.92 Å². The molecule has 1 aromatic heterocycles. The second-order valence-corrected chi connectivity index (χ2v) is 7.22. The van der Waals surface area contributed by atoms with Crippen LogP contribution >= 0.6 is 11.3 Å². The first kappa shape index (κ1) is 18.1. The third-order valence-corrected chi connectivity index (χ3v) is 5.09. The average molecular weight is 387 g/mol. The summed E-state index contributed by atoms with van der Waals surface area (Å²) in [7, 11) is 0. The van der Waals surface area contributed by atoms with Crippen molar-refractivity contribution in [1.29, 1.82) is 0 Å². The van der Waals surface area contributed by atoms with Crippen molar-refractivity contribution in [2.24, 2.45) is 5.10 Å². The van der Waals surface area contributed by atoms with E-state index < -0.39 is 0 Å². The van der Waals surface area contributed by atoms with E-state index >= 15 is 0 Å². The van der Waals surface area contributed by atoms with Gasteiger partial charge in [-0.15, -0.1) is 11.3 Å². The molecule has 0 saturated carbocycles. The molecule has 0 radical (unpaired) electrons. The molecule has 0 atom stereocenters. The molecule has 1 heterocycles. The SMILES string of the molecule is Cc1ccc(-c2cccc(C=NNc3nc(-c4ccccc4)cs3)c2)cc1F. The normalized spacial score (nSPS) is 11.1. The zero-order valence-corrected chi connectivity index (χ0v) is 16.1. The quantitative estimate of drug-likeness (QED) is 0.319. The molecule has 138 valence electrons. The Morgan fingerprint density at radius 3 is 2.54 bits per heavy atom. The first-order chi connectivity index (χ1) is 13.7. The lowest BCUT2D eigenvalue weighted by molar-refractivity contribution is 0.619. The maximum Gasteiger partial charge on any atom is 0.203 e. The second kappa shape index (κ2) is 8.15. The van der Waals surface area contributed by atoms with Crippen molar-refractivity contribution in [3.05, 3.63) is 95.1 Å². The first-order valence-corrected chi connectivity index (χ1v) is 9.73. The highest BCUT2D eigenvalue weighted by molar-refractivity contribution is 7.14. The molecular formula is C23H18FN3S. The summed E-state index contributed by atoms with van der Waals surface area (Å²) < 4.78 is 13.8. The number of hydrazone groups is 1. The molecule has 0 spiro atoms. The van der Waals surface area contributed by atoms with Gasteiger partial charge in [-0.05, 0) is 41.3 Å². The van der Waals surface area contributed by atoms with Crippen LogP contribution in [0.1, 0.15) is 11.1 Å². The van der Waals surface area contributed by atoms with E-state index in [4.69, 9.17) is 0 Å². The fourth-order valence-corrected chi connectivity index (χ4v) is 3.47. The van der Waals surface area contributed by atoms with Gasteiger partial charge in [0.1, 0.15) is 5.82 Å². The lowest BCUT2D eigenvalue weighted by atomic mass is 10.0.